The van der Waals surface area contributed by atoms with Crippen LogP contribution in [-0.4, -0.2) is 47.3 Å². The number of rotatable bonds is 2. The Bertz CT molecular complexity index is 121. The first-order valence-corrected chi connectivity index (χ1v) is 2.06. The molecule has 0 aliphatic carbocycles. The Labute approximate surface area is 72.7 Å². The van der Waals surface area contributed by atoms with Crippen molar-refractivity contribution in [1.82, 2.24) is 0 Å². The summed E-state index contributed by atoms with van der Waals surface area (Å²) in [5.41, 5.74) is 0.523. The molecule has 0 aromatic rings. The van der Waals surface area contributed by atoms with Crippen molar-refractivity contribution in [3.8, 4) is 0 Å². The molecule has 50 valence electrons. The van der Waals surface area contributed by atoms with Crippen LogP contribution in [0.15, 0.2) is 10.3 Å². The second kappa shape index (κ2) is 7.71. The van der Waals surface area contributed by atoms with E-state index in [2.05, 4.69) is 15.1 Å². The molecule has 0 amide bonds. The van der Waals surface area contributed by atoms with Crippen LogP contribution in [0.25, 0.3) is 0 Å². The summed E-state index contributed by atoms with van der Waals surface area (Å²) in [6.45, 7) is 1.66. The fourth-order valence-corrected chi connectivity index (χ4v) is 0.251. The molecule has 0 aromatic heterocycles. The zero-order valence-corrected chi connectivity index (χ0v) is 6.95. The van der Waals surface area contributed by atoms with Crippen molar-refractivity contribution in [1.29, 1.82) is 0 Å². The largest absolute Gasteiger partial charge is 2.00 e. The number of hydrogen-bond donors (Lipinski definition) is 1. The second-order valence-electron chi connectivity index (χ2n) is 1.16. The molecule has 0 spiro atoms. The molecule has 0 heterocycles. The third kappa shape index (κ3) is 7.71. The van der Waals surface area contributed by atoms with E-state index in [1.165, 1.54) is 13.3 Å². The third-order valence-corrected chi connectivity index (χ3v) is 0.480. The quantitative estimate of drug-likeness (QED) is 0.261. The van der Waals surface area contributed by atoms with E-state index < -0.39 is 0 Å². The average Bonchev–Trinajstić information content (AvgIpc) is 1.68. The van der Waals surface area contributed by atoms with Gasteiger partial charge in [0.15, 0.2) is 0 Å². The maximum absolute atomic E-state index is 7.90. The molecule has 0 aromatic carbocycles. The molecule has 0 rings (SSSR count). The van der Waals surface area contributed by atoms with E-state index in [1.54, 1.807) is 6.92 Å². The van der Waals surface area contributed by atoms with Crippen LogP contribution in [0.1, 0.15) is 9.78 Å². The molecule has 5 heteroatoms. The van der Waals surface area contributed by atoms with Crippen molar-refractivity contribution < 1.29 is 12.9 Å². The summed E-state index contributed by atoms with van der Waals surface area (Å²) in [7, 11) is 1.43. The zero-order valence-electron chi connectivity index (χ0n) is 7.53. The van der Waals surface area contributed by atoms with Crippen LogP contribution in [-0.2, 0) is 4.84 Å². The van der Waals surface area contributed by atoms with Gasteiger partial charge in [-0.2, -0.15) is 0 Å². The van der Waals surface area contributed by atoms with E-state index in [9.17, 15) is 0 Å². The summed E-state index contributed by atoms with van der Waals surface area (Å²) >= 11 is 0. The van der Waals surface area contributed by atoms with Gasteiger partial charge in [0.05, 0.1) is 11.9 Å². The monoisotopic (exact) mass is 142 g/mol. The van der Waals surface area contributed by atoms with E-state index in [0.29, 0.717) is 5.71 Å². The molecule has 9 heavy (non-hydrogen) atoms. The van der Waals surface area contributed by atoms with Crippen LogP contribution in [0, 0.1) is 0 Å². The molecule has 4 nitrogen and oxygen atoms in total. The van der Waals surface area contributed by atoms with E-state index in [0.717, 1.165) is 0 Å². The van der Waals surface area contributed by atoms with E-state index in [-0.39, 0.29) is 25.9 Å². The first kappa shape index (κ1) is 11.5. The summed E-state index contributed by atoms with van der Waals surface area (Å²) in [6, 6.07) is 0. The van der Waals surface area contributed by atoms with Crippen LogP contribution in [0.2, 0.25) is 0 Å². The van der Waals surface area contributed by atoms with Crippen molar-refractivity contribution in [2.75, 3.05) is 7.11 Å². The fourth-order valence-electron chi connectivity index (χ4n) is 0.251. The minimum atomic E-state index is 0. The van der Waals surface area contributed by atoms with Crippen molar-refractivity contribution in [3.05, 3.63) is 0 Å². The van der Waals surface area contributed by atoms with Crippen LogP contribution in [0.4, 0.5) is 0 Å². The van der Waals surface area contributed by atoms with Gasteiger partial charge in [-0.3, -0.25) is 0 Å². The van der Waals surface area contributed by atoms with Crippen LogP contribution >= 0.6 is 0 Å². The van der Waals surface area contributed by atoms with Crippen molar-refractivity contribution in [3.63, 3.8) is 0 Å². The fraction of sp³-hybridized carbons (Fsp3) is 0.500. The van der Waals surface area contributed by atoms with Gasteiger partial charge < -0.3 is 12.9 Å². The first-order valence-electron chi connectivity index (χ1n) is 2.06. The predicted molar refractivity (Wildman–Crippen MR) is 38.4 cm³/mol. The Kier molecular flexibility index (Phi) is 9.84. The summed E-state index contributed by atoms with van der Waals surface area (Å²) in [5.74, 6) is 0. The SMILES string of the molecule is CON=C(C)C=NO.[H-].[H-].[Mg+2]. The van der Waals surface area contributed by atoms with Gasteiger partial charge in [-0.05, 0) is 6.92 Å². The smallest absolute Gasteiger partial charge is 1.00 e. The van der Waals surface area contributed by atoms with Gasteiger partial charge in [-0.25, -0.2) is 0 Å². The third-order valence-electron chi connectivity index (χ3n) is 0.480. The van der Waals surface area contributed by atoms with Crippen molar-refractivity contribution in [2.45, 2.75) is 6.92 Å². The number of nitrogens with zero attached hydrogens (tertiary/aromatic N) is 2. The van der Waals surface area contributed by atoms with Crippen LogP contribution in [0.5, 0.6) is 0 Å². The molecule has 0 saturated heterocycles. The Morgan fingerprint density at radius 2 is 2.33 bits per heavy atom. The molecule has 0 aliphatic heterocycles. The van der Waals surface area contributed by atoms with Crippen molar-refractivity contribution >= 4 is 35.0 Å². The number of hydrogen-bond acceptors (Lipinski definition) is 4. The van der Waals surface area contributed by atoms with Crippen LogP contribution < -0.4 is 0 Å². The maximum atomic E-state index is 7.90. The topological polar surface area (TPSA) is 54.2 Å². The molecule has 0 aliphatic rings. The molecular weight excluding hydrogens is 132 g/mol. The van der Waals surface area contributed by atoms with Gasteiger partial charge in [-0.15, -0.1) is 0 Å². The Morgan fingerprint density at radius 1 is 1.78 bits per heavy atom. The van der Waals surface area contributed by atoms with Gasteiger partial charge >= 0.3 is 23.1 Å². The summed E-state index contributed by atoms with van der Waals surface area (Å²) in [5, 5.41) is 14.0. The minimum absolute atomic E-state index is 0. The zero-order chi connectivity index (χ0) is 6.41. The van der Waals surface area contributed by atoms with Gasteiger partial charge in [0.1, 0.15) is 7.11 Å². The van der Waals surface area contributed by atoms with Gasteiger partial charge in [0.25, 0.3) is 0 Å². The minimum Gasteiger partial charge on any atom is -1.00 e. The van der Waals surface area contributed by atoms with Crippen molar-refractivity contribution in [2.24, 2.45) is 10.3 Å². The summed E-state index contributed by atoms with van der Waals surface area (Å²) < 4.78 is 0. The molecule has 0 atom stereocenters. The first-order chi connectivity index (χ1) is 3.81. The predicted octanol–water partition coefficient (Wildman–Crippen LogP) is 0.313. The average molecular weight is 142 g/mol. The summed E-state index contributed by atoms with van der Waals surface area (Å²) in [6.07, 6.45) is 1.18. The Morgan fingerprint density at radius 3 is 2.67 bits per heavy atom. The van der Waals surface area contributed by atoms with E-state index in [4.69, 9.17) is 5.21 Å². The molecule has 0 bridgehead atoms. The maximum Gasteiger partial charge on any atom is 2.00 e. The van der Waals surface area contributed by atoms with Gasteiger partial charge in [0.2, 0.25) is 0 Å². The van der Waals surface area contributed by atoms with E-state index >= 15 is 0 Å². The molecule has 0 saturated carbocycles. The van der Waals surface area contributed by atoms with Gasteiger partial charge in [0, 0.05) is 0 Å². The van der Waals surface area contributed by atoms with Crippen LogP contribution in [0.3, 0.4) is 0 Å². The Balaban J connectivity index is -0.0000000817. The van der Waals surface area contributed by atoms with Gasteiger partial charge in [-0.1, -0.05) is 10.3 Å². The molecule has 0 fully saturated rings. The Hall–Kier alpha value is -0.294. The number of oxime groups is 2. The molecule has 0 radical (unpaired) electrons. The standard InChI is InChI=1S/C4H8N2O2.Mg.2H/c1-4(3-5-7)6-8-2;;;/h3,7H,1-2H3;;;/q;+2;2*-1. The second-order valence-corrected chi connectivity index (χ2v) is 1.16. The normalized spacial score (nSPS) is 11.1. The molecular formula is C4H10MgN2O2. The van der Waals surface area contributed by atoms with E-state index in [1.807, 2.05) is 0 Å². The molecule has 1 N–H and O–H groups in total. The summed E-state index contributed by atoms with van der Waals surface area (Å²) in [4.78, 5) is 4.34. The molecule has 0 unspecified atom stereocenters.